The number of hydrogen-bond acceptors (Lipinski definition) is 4. The maximum atomic E-state index is 11.5. The van der Waals surface area contributed by atoms with Crippen LogP contribution in [0.5, 0.6) is 0 Å². The molecule has 1 aliphatic rings. The molecule has 1 saturated carbocycles. The highest BCUT2D eigenvalue weighted by Gasteiger charge is 2.28. The van der Waals surface area contributed by atoms with Gasteiger partial charge < -0.3 is 0 Å². The van der Waals surface area contributed by atoms with Gasteiger partial charge in [-0.3, -0.25) is 0 Å². The number of thiazole rings is 1. The van der Waals surface area contributed by atoms with Crippen molar-refractivity contribution < 1.29 is 8.42 Å². The molecule has 1 heterocycles. The number of halogens is 1. The predicted octanol–water partition coefficient (Wildman–Crippen LogP) is 1.24. The largest absolute Gasteiger partial charge is 0.251 e. The van der Waals surface area contributed by atoms with E-state index >= 15 is 0 Å². The molecule has 13 heavy (non-hydrogen) atoms. The number of nitrogens with one attached hydrogen (secondary N) is 1. The lowest BCUT2D eigenvalue weighted by molar-refractivity contribution is 0.583. The maximum Gasteiger partial charge on any atom is 0.251 e. The molecule has 1 aromatic heterocycles. The van der Waals surface area contributed by atoms with Crippen LogP contribution in [0.2, 0.25) is 4.47 Å². The van der Waals surface area contributed by atoms with Crippen LogP contribution < -0.4 is 4.72 Å². The highest BCUT2D eigenvalue weighted by Crippen LogP contribution is 2.26. The standard InChI is InChI=1S/C6H7ClN2O2S2/c7-6-8-3-5(12-6)13(10,11)9-4-1-2-4/h3-4,9H,1-2H2. The molecule has 0 aliphatic heterocycles. The van der Waals surface area contributed by atoms with Crippen LogP contribution in [0.25, 0.3) is 0 Å². The van der Waals surface area contributed by atoms with Gasteiger partial charge in [-0.2, -0.15) is 0 Å². The van der Waals surface area contributed by atoms with Crippen LogP contribution in [0.4, 0.5) is 0 Å². The Kier molecular flexibility index (Phi) is 2.31. The van der Waals surface area contributed by atoms with Gasteiger partial charge in [0.2, 0.25) is 0 Å². The fourth-order valence-corrected chi connectivity index (χ4v) is 3.46. The Morgan fingerprint density at radius 2 is 2.31 bits per heavy atom. The van der Waals surface area contributed by atoms with Crippen molar-refractivity contribution >= 4 is 33.0 Å². The molecule has 1 fully saturated rings. The molecule has 0 aromatic carbocycles. The lowest BCUT2D eigenvalue weighted by Gasteiger charge is -1.99. The van der Waals surface area contributed by atoms with E-state index in [0.717, 1.165) is 24.2 Å². The second kappa shape index (κ2) is 3.20. The lowest BCUT2D eigenvalue weighted by atomic mass is 10.8. The van der Waals surface area contributed by atoms with Gasteiger partial charge >= 0.3 is 0 Å². The summed E-state index contributed by atoms with van der Waals surface area (Å²) in [6.07, 6.45) is 3.12. The van der Waals surface area contributed by atoms with Crippen molar-refractivity contribution in [3.63, 3.8) is 0 Å². The van der Waals surface area contributed by atoms with E-state index in [9.17, 15) is 8.42 Å². The number of hydrogen-bond donors (Lipinski definition) is 1. The van der Waals surface area contributed by atoms with E-state index in [4.69, 9.17) is 11.6 Å². The molecule has 72 valence electrons. The number of nitrogens with zero attached hydrogens (tertiary/aromatic N) is 1. The highest BCUT2D eigenvalue weighted by atomic mass is 35.5. The lowest BCUT2D eigenvalue weighted by Crippen LogP contribution is -2.24. The zero-order valence-corrected chi connectivity index (χ0v) is 8.92. The summed E-state index contributed by atoms with van der Waals surface area (Å²) in [5, 5.41) is 0. The molecule has 0 spiro atoms. The molecule has 0 saturated heterocycles. The molecule has 0 atom stereocenters. The Hall–Kier alpha value is -0.170. The molecule has 7 heteroatoms. The molecule has 1 aliphatic carbocycles. The SMILES string of the molecule is O=S(=O)(NC1CC1)c1cnc(Cl)s1. The summed E-state index contributed by atoms with van der Waals surface area (Å²) in [7, 11) is -3.35. The minimum absolute atomic E-state index is 0.117. The normalized spacial score (nSPS) is 17.6. The minimum Gasteiger partial charge on any atom is -0.232 e. The van der Waals surface area contributed by atoms with Gasteiger partial charge in [0, 0.05) is 6.04 Å². The van der Waals surface area contributed by atoms with Gasteiger partial charge in [-0.25, -0.2) is 18.1 Å². The summed E-state index contributed by atoms with van der Waals surface area (Å²) in [6, 6.07) is 0.117. The summed E-state index contributed by atoms with van der Waals surface area (Å²) in [5.74, 6) is 0. The Bertz CT molecular complexity index is 410. The van der Waals surface area contributed by atoms with Gasteiger partial charge in [-0.15, -0.1) is 0 Å². The van der Waals surface area contributed by atoms with E-state index < -0.39 is 10.0 Å². The second-order valence-electron chi connectivity index (χ2n) is 2.83. The zero-order chi connectivity index (χ0) is 9.47. The molecule has 2 rings (SSSR count). The average molecular weight is 239 g/mol. The van der Waals surface area contributed by atoms with Crippen LogP contribution >= 0.6 is 22.9 Å². The maximum absolute atomic E-state index is 11.5. The van der Waals surface area contributed by atoms with E-state index in [1.807, 2.05) is 0 Å². The highest BCUT2D eigenvalue weighted by molar-refractivity contribution is 7.91. The Morgan fingerprint density at radius 3 is 2.77 bits per heavy atom. The van der Waals surface area contributed by atoms with Crippen LogP contribution in [-0.4, -0.2) is 19.4 Å². The first-order valence-electron chi connectivity index (χ1n) is 3.71. The molecule has 1 N–H and O–H groups in total. The van der Waals surface area contributed by atoms with Crippen LogP contribution in [0.3, 0.4) is 0 Å². The third kappa shape index (κ3) is 2.19. The van der Waals surface area contributed by atoms with Crippen LogP contribution in [0.15, 0.2) is 10.4 Å². The number of rotatable bonds is 3. The number of sulfonamides is 1. The molecule has 4 nitrogen and oxygen atoms in total. The first-order chi connectivity index (χ1) is 6.08. The summed E-state index contributed by atoms with van der Waals surface area (Å²) in [5.41, 5.74) is 0. The van der Waals surface area contributed by atoms with Crippen molar-refractivity contribution in [2.24, 2.45) is 0 Å². The van der Waals surface area contributed by atoms with Gasteiger partial charge in [0.15, 0.2) is 8.68 Å². The molecule has 0 amide bonds. The van der Waals surface area contributed by atoms with Gasteiger partial charge in [-0.05, 0) is 12.8 Å². The fourth-order valence-electron chi connectivity index (χ4n) is 0.842. The fraction of sp³-hybridized carbons (Fsp3) is 0.500. The van der Waals surface area contributed by atoms with Gasteiger partial charge in [-0.1, -0.05) is 22.9 Å². The topological polar surface area (TPSA) is 59.1 Å². The summed E-state index contributed by atoms with van der Waals surface area (Å²) >= 11 is 6.50. The Morgan fingerprint density at radius 1 is 1.62 bits per heavy atom. The van der Waals surface area contributed by atoms with Gasteiger partial charge in [0.05, 0.1) is 6.20 Å². The van der Waals surface area contributed by atoms with Crippen molar-refractivity contribution in [1.29, 1.82) is 0 Å². The van der Waals surface area contributed by atoms with E-state index in [1.54, 1.807) is 0 Å². The van der Waals surface area contributed by atoms with Crippen molar-refractivity contribution in [3.8, 4) is 0 Å². The Balaban J connectivity index is 2.22. The minimum atomic E-state index is -3.35. The molecule has 0 bridgehead atoms. The van der Waals surface area contributed by atoms with Crippen LogP contribution in [-0.2, 0) is 10.0 Å². The quantitative estimate of drug-likeness (QED) is 0.862. The Labute approximate surface area is 85.0 Å². The summed E-state index contributed by atoms with van der Waals surface area (Å²) in [4.78, 5) is 3.68. The molecule has 1 aromatic rings. The van der Waals surface area contributed by atoms with Crippen LogP contribution in [0, 0.1) is 0 Å². The summed E-state index contributed by atoms with van der Waals surface area (Å²) in [6.45, 7) is 0. The van der Waals surface area contributed by atoms with E-state index in [2.05, 4.69) is 9.71 Å². The van der Waals surface area contributed by atoms with Crippen LogP contribution in [0.1, 0.15) is 12.8 Å². The molecule has 0 unspecified atom stereocenters. The van der Waals surface area contributed by atoms with Gasteiger partial charge in [0.1, 0.15) is 0 Å². The van der Waals surface area contributed by atoms with E-state index in [-0.39, 0.29) is 14.7 Å². The smallest absolute Gasteiger partial charge is 0.232 e. The van der Waals surface area contributed by atoms with E-state index in [0.29, 0.717) is 0 Å². The molecular formula is C6H7ClN2O2S2. The van der Waals surface area contributed by atoms with E-state index in [1.165, 1.54) is 6.20 Å². The monoisotopic (exact) mass is 238 g/mol. The number of aromatic nitrogens is 1. The molecular weight excluding hydrogens is 232 g/mol. The third-order valence-electron chi connectivity index (χ3n) is 1.62. The van der Waals surface area contributed by atoms with Gasteiger partial charge in [0.25, 0.3) is 10.0 Å². The average Bonchev–Trinajstić information content (AvgIpc) is 2.70. The third-order valence-corrected chi connectivity index (χ3v) is 4.72. The van der Waals surface area contributed by atoms with Crippen molar-refractivity contribution in [3.05, 3.63) is 10.7 Å². The van der Waals surface area contributed by atoms with Crippen molar-refractivity contribution in [2.75, 3.05) is 0 Å². The van der Waals surface area contributed by atoms with Crippen molar-refractivity contribution in [1.82, 2.24) is 9.71 Å². The predicted molar refractivity (Wildman–Crippen MR) is 50.5 cm³/mol. The molecule has 0 radical (unpaired) electrons. The zero-order valence-electron chi connectivity index (χ0n) is 6.53. The van der Waals surface area contributed by atoms with Crippen molar-refractivity contribution in [2.45, 2.75) is 23.1 Å². The first kappa shape index (κ1) is 9.39. The first-order valence-corrected chi connectivity index (χ1v) is 6.39. The summed E-state index contributed by atoms with van der Waals surface area (Å²) < 4.78 is 26.0. The second-order valence-corrected chi connectivity index (χ2v) is 6.38.